The molecule has 1 fully saturated rings. The number of amides is 1. The van der Waals surface area contributed by atoms with Crippen LogP contribution in [0.25, 0.3) is 0 Å². The van der Waals surface area contributed by atoms with E-state index in [-0.39, 0.29) is 22.5 Å². The summed E-state index contributed by atoms with van der Waals surface area (Å²) in [6.45, 7) is 1.09. The molecule has 8 heteroatoms. The fourth-order valence-electron chi connectivity index (χ4n) is 3.08. The number of carbonyl (C=O) groups is 1. The van der Waals surface area contributed by atoms with Gasteiger partial charge in [-0.05, 0) is 49.2 Å². The highest BCUT2D eigenvalue weighted by molar-refractivity contribution is 7.92. The first kappa shape index (κ1) is 19.2. The zero-order valence-electron chi connectivity index (χ0n) is 15.1. The van der Waals surface area contributed by atoms with Gasteiger partial charge in [0.2, 0.25) is 0 Å². The SMILES string of the molecule is COc1ccc(S(=O)(=O)Nc2ccccc2C(=O)N2CCCC(N)C2)cc1. The lowest BCUT2D eigenvalue weighted by molar-refractivity contribution is 0.0710. The number of likely N-dealkylation sites (tertiary alicyclic amines) is 1. The van der Waals surface area contributed by atoms with Crippen molar-refractivity contribution in [3.63, 3.8) is 0 Å². The number of rotatable bonds is 5. The number of piperidine rings is 1. The Hall–Kier alpha value is -2.58. The molecule has 0 bridgehead atoms. The molecule has 2 aromatic rings. The van der Waals surface area contributed by atoms with Crippen molar-refractivity contribution < 1.29 is 17.9 Å². The van der Waals surface area contributed by atoms with Crippen LogP contribution in [0.3, 0.4) is 0 Å². The van der Waals surface area contributed by atoms with Gasteiger partial charge >= 0.3 is 0 Å². The number of nitrogens with one attached hydrogen (secondary N) is 1. The third kappa shape index (κ3) is 4.40. The number of benzene rings is 2. The van der Waals surface area contributed by atoms with Crippen LogP contribution in [-0.2, 0) is 10.0 Å². The van der Waals surface area contributed by atoms with E-state index in [4.69, 9.17) is 10.5 Å². The summed E-state index contributed by atoms with van der Waals surface area (Å²) in [6, 6.07) is 12.6. The maximum atomic E-state index is 12.9. The molecule has 2 aromatic carbocycles. The van der Waals surface area contributed by atoms with Crippen molar-refractivity contribution in [2.45, 2.75) is 23.8 Å². The van der Waals surface area contributed by atoms with Crippen molar-refractivity contribution in [1.82, 2.24) is 4.90 Å². The van der Waals surface area contributed by atoms with Crippen molar-refractivity contribution in [2.24, 2.45) is 5.73 Å². The molecular weight excluding hydrogens is 366 g/mol. The monoisotopic (exact) mass is 389 g/mol. The maximum Gasteiger partial charge on any atom is 0.261 e. The molecule has 27 heavy (non-hydrogen) atoms. The number of hydrogen-bond acceptors (Lipinski definition) is 5. The minimum absolute atomic E-state index is 0.0501. The second-order valence-electron chi connectivity index (χ2n) is 6.48. The van der Waals surface area contributed by atoms with E-state index in [0.29, 0.717) is 24.4 Å². The van der Waals surface area contributed by atoms with Crippen molar-refractivity contribution in [2.75, 3.05) is 24.9 Å². The minimum atomic E-state index is -3.84. The summed E-state index contributed by atoms with van der Waals surface area (Å²) in [5.41, 5.74) is 6.52. The lowest BCUT2D eigenvalue weighted by atomic mass is 10.0. The molecule has 0 aromatic heterocycles. The summed E-state index contributed by atoms with van der Waals surface area (Å²) in [5, 5.41) is 0. The first-order valence-corrected chi connectivity index (χ1v) is 10.2. The third-order valence-corrected chi connectivity index (χ3v) is 5.90. The van der Waals surface area contributed by atoms with Gasteiger partial charge in [-0.25, -0.2) is 8.42 Å². The first-order chi connectivity index (χ1) is 12.9. The summed E-state index contributed by atoms with van der Waals surface area (Å²) < 4.78 is 33.0. The zero-order valence-corrected chi connectivity index (χ0v) is 15.9. The van der Waals surface area contributed by atoms with E-state index in [0.717, 1.165) is 12.8 Å². The molecule has 1 amide bonds. The quantitative estimate of drug-likeness (QED) is 0.815. The van der Waals surface area contributed by atoms with E-state index in [1.807, 2.05) is 0 Å². The molecule has 3 N–H and O–H groups in total. The molecule has 3 rings (SSSR count). The summed E-state index contributed by atoms with van der Waals surface area (Å²) in [6.07, 6.45) is 1.72. The van der Waals surface area contributed by atoms with Gasteiger partial charge in [-0.1, -0.05) is 12.1 Å². The average Bonchev–Trinajstić information content (AvgIpc) is 2.67. The highest BCUT2D eigenvalue weighted by Crippen LogP contribution is 2.24. The topological polar surface area (TPSA) is 102 Å². The number of ether oxygens (including phenoxy) is 1. The Morgan fingerprint density at radius 1 is 1.19 bits per heavy atom. The van der Waals surface area contributed by atoms with Gasteiger partial charge in [-0.15, -0.1) is 0 Å². The van der Waals surface area contributed by atoms with Gasteiger partial charge in [0.25, 0.3) is 15.9 Å². The minimum Gasteiger partial charge on any atom is -0.497 e. The number of carbonyl (C=O) groups excluding carboxylic acids is 1. The van der Waals surface area contributed by atoms with E-state index in [1.165, 1.54) is 19.2 Å². The predicted molar refractivity (Wildman–Crippen MR) is 103 cm³/mol. The largest absolute Gasteiger partial charge is 0.497 e. The van der Waals surface area contributed by atoms with Crippen molar-refractivity contribution in [3.05, 3.63) is 54.1 Å². The van der Waals surface area contributed by atoms with Crippen LogP contribution < -0.4 is 15.2 Å². The molecular formula is C19H23N3O4S. The van der Waals surface area contributed by atoms with Gasteiger partial charge in [-0.3, -0.25) is 9.52 Å². The lowest BCUT2D eigenvalue weighted by Gasteiger charge is -2.31. The second kappa shape index (κ2) is 7.98. The van der Waals surface area contributed by atoms with Crippen LogP contribution >= 0.6 is 0 Å². The highest BCUT2D eigenvalue weighted by Gasteiger charge is 2.25. The Labute approximate surface area is 159 Å². The Balaban J connectivity index is 1.85. The Morgan fingerprint density at radius 2 is 1.89 bits per heavy atom. The fraction of sp³-hybridized carbons (Fsp3) is 0.316. The van der Waals surface area contributed by atoms with Gasteiger partial charge < -0.3 is 15.4 Å². The maximum absolute atomic E-state index is 12.9. The molecule has 144 valence electrons. The summed E-state index contributed by atoms with van der Waals surface area (Å²) in [7, 11) is -2.33. The number of nitrogens with zero attached hydrogens (tertiary/aromatic N) is 1. The van der Waals surface area contributed by atoms with Gasteiger partial charge in [0.1, 0.15) is 5.75 Å². The molecule has 7 nitrogen and oxygen atoms in total. The van der Waals surface area contributed by atoms with E-state index >= 15 is 0 Å². The first-order valence-electron chi connectivity index (χ1n) is 8.71. The summed E-state index contributed by atoms with van der Waals surface area (Å²) in [4.78, 5) is 14.7. The van der Waals surface area contributed by atoms with E-state index < -0.39 is 10.0 Å². The van der Waals surface area contributed by atoms with Crippen LogP contribution in [0.2, 0.25) is 0 Å². The Bertz CT molecular complexity index is 913. The van der Waals surface area contributed by atoms with Gasteiger partial charge in [0.15, 0.2) is 0 Å². The van der Waals surface area contributed by atoms with E-state index in [2.05, 4.69) is 4.72 Å². The smallest absolute Gasteiger partial charge is 0.261 e. The van der Waals surface area contributed by atoms with E-state index in [9.17, 15) is 13.2 Å². The zero-order chi connectivity index (χ0) is 19.4. The number of nitrogens with two attached hydrogens (primary N) is 1. The molecule has 0 aliphatic carbocycles. The van der Waals surface area contributed by atoms with Crippen LogP contribution in [0.4, 0.5) is 5.69 Å². The molecule has 1 aliphatic heterocycles. The van der Waals surface area contributed by atoms with Gasteiger partial charge in [-0.2, -0.15) is 0 Å². The number of methoxy groups -OCH3 is 1. The standard InChI is InChI=1S/C19H23N3O4S/c1-26-15-8-10-16(11-9-15)27(24,25)21-18-7-3-2-6-17(18)19(23)22-12-4-5-14(20)13-22/h2-3,6-11,14,21H,4-5,12-13,20H2,1H3. The molecule has 1 heterocycles. The second-order valence-corrected chi connectivity index (χ2v) is 8.16. The molecule has 1 unspecified atom stereocenters. The number of para-hydroxylation sites is 1. The molecule has 1 aliphatic rings. The fourth-order valence-corrected chi connectivity index (χ4v) is 4.16. The van der Waals surface area contributed by atoms with Gasteiger partial charge in [0, 0.05) is 19.1 Å². The number of sulfonamides is 1. The molecule has 1 saturated heterocycles. The lowest BCUT2D eigenvalue weighted by Crippen LogP contribution is -2.45. The predicted octanol–water partition coefficient (Wildman–Crippen LogP) is 2.06. The van der Waals surface area contributed by atoms with Crippen LogP contribution in [0.15, 0.2) is 53.4 Å². The third-order valence-electron chi connectivity index (χ3n) is 4.52. The molecule has 0 saturated carbocycles. The number of hydrogen-bond donors (Lipinski definition) is 2. The molecule has 0 radical (unpaired) electrons. The summed E-state index contributed by atoms with van der Waals surface area (Å²) >= 11 is 0. The van der Waals surface area contributed by atoms with Crippen LogP contribution in [-0.4, -0.2) is 45.5 Å². The van der Waals surface area contributed by atoms with E-state index in [1.54, 1.807) is 41.3 Å². The normalized spacial score (nSPS) is 17.4. The number of anilines is 1. The van der Waals surface area contributed by atoms with Crippen molar-refractivity contribution >= 4 is 21.6 Å². The van der Waals surface area contributed by atoms with Crippen LogP contribution in [0.1, 0.15) is 23.2 Å². The van der Waals surface area contributed by atoms with Crippen molar-refractivity contribution in [3.8, 4) is 5.75 Å². The van der Waals surface area contributed by atoms with Crippen LogP contribution in [0, 0.1) is 0 Å². The molecule has 1 atom stereocenters. The Morgan fingerprint density at radius 3 is 2.56 bits per heavy atom. The van der Waals surface area contributed by atoms with Crippen LogP contribution in [0.5, 0.6) is 5.75 Å². The summed E-state index contributed by atoms with van der Waals surface area (Å²) in [5.74, 6) is 0.337. The Kier molecular flexibility index (Phi) is 5.67. The van der Waals surface area contributed by atoms with Gasteiger partial charge in [0.05, 0.1) is 23.3 Å². The highest BCUT2D eigenvalue weighted by atomic mass is 32.2. The average molecular weight is 389 g/mol. The van der Waals surface area contributed by atoms with Crippen molar-refractivity contribution in [1.29, 1.82) is 0 Å². The molecule has 0 spiro atoms.